The third-order valence-corrected chi connectivity index (χ3v) is 14.0. The molecule has 0 aromatic carbocycles. The summed E-state index contributed by atoms with van der Waals surface area (Å²) in [5.41, 5.74) is 0. The second-order valence-corrected chi connectivity index (χ2v) is 20.7. The lowest BCUT2D eigenvalue weighted by Gasteiger charge is -2.22. The summed E-state index contributed by atoms with van der Waals surface area (Å²) in [7, 11) is 0. The molecule has 0 aromatic rings. The van der Waals surface area contributed by atoms with Crippen LogP contribution >= 0.6 is 0 Å². The molecule has 6 heteroatoms. The van der Waals surface area contributed by atoms with Gasteiger partial charge in [-0.05, 0) is 64.2 Å². The minimum atomic E-state index is -0.674. The Balaban J connectivity index is 3.46. The van der Waals surface area contributed by atoms with Gasteiger partial charge in [-0.15, -0.1) is 0 Å². The summed E-state index contributed by atoms with van der Waals surface area (Å²) in [5.74, 6) is -0.0602. The molecule has 0 aliphatic heterocycles. The number of carbonyl (C=O) groups excluding carboxylic acids is 2. The molecule has 396 valence electrons. The standard InChI is InChI=1S/C61H117NO5/c1-3-5-7-9-11-13-15-17-19-20-21-24-27-31-35-39-43-47-51-55-61(66)67-56-52-48-44-40-36-32-28-25-22-23-26-30-34-38-42-46-50-54-60(65)62-58(57-63)59(64)53-49-45-41-37-33-29-18-16-14-12-10-8-6-4-2/h22,25,32,36,58-59,63-64H,3-21,23-24,26-31,33-35,37-57H2,1-2H3,(H,62,65)/b25-22-,36-32-. The number of nitrogens with one attached hydrogen (secondary N) is 1. The van der Waals surface area contributed by atoms with E-state index in [-0.39, 0.29) is 18.5 Å². The number of rotatable bonds is 56. The van der Waals surface area contributed by atoms with Crippen molar-refractivity contribution in [3.63, 3.8) is 0 Å². The lowest BCUT2D eigenvalue weighted by molar-refractivity contribution is -0.143. The molecule has 6 nitrogen and oxygen atoms in total. The van der Waals surface area contributed by atoms with Crippen LogP contribution in [0.25, 0.3) is 0 Å². The molecule has 0 radical (unpaired) electrons. The monoisotopic (exact) mass is 944 g/mol. The quantitative estimate of drug-likeness (QED) is 0.0321. The third-order valence-electron chi connectivity index (χ3n) is 14.0. The Kier molecular flexibility index (Phi) is 55.5. The number of amides is 1. The van der Waals surface area contributed by atoms with Crippen molar-refractivity contribution in [3.8, 4) is 0 Å². The van der Waals surface area contributed by atoms with Crippen molar-refractivity contribution < 1.29 is 24.5 Å². The Morgan fingerprint density at radius 1 is 0.418 bits per heavy atom. The molecule has 0 spiro atoms. The summed E-state index contributed by atoms with van der Waals surface area (Å²) in [4.78, 5) is 24.5. The number of aliphatic hydroxyl groups is 2. The molecule has 67 heavy (non-hydrogen) atoms. The first-order valence-corrected chi connectivity index (χ1v) is 30.1. The second kappa shape index (κ2) is 56.9. The van der Waals surface area contributed by atoms with Crippen LogP contribution in [0.5, 0.6) is 0 Å². The van der Waals surface area contributed by atoms with Crippen LogP contribution in [0.2, 0.25) is 0 Å². The third kappa shape index (κ3) is 53.5. The van der Waals surface area contributed by atoms with E-state index >= 15 is 0 Å². The van der Waals surface area contributed by atoms with Gasteiger partial charge in [-0.2, -0.15) is 0 Å². The van der Waals surface area contributed by atoms with Crippen LogP contribution in [0.1, 0.15) is 328 Å². The lowest BCUT2D eigenvalue weighted by atomic mass is 10.0. The number of allylic oxidation sites excluding steroid dienone is 4. The van der Waals surface area contributed by atoms with E-state index in [4.69, 9.17) is 4.74 Å². The van der Waals surface area contributed by atoms with Gasteiger partial charge in [0.15, 0.2) is 0 Å². The summed E-state index contributed by atoms with van der Waals surface area (Å²) in [6.07, 6.45) is 68.9. The average molecular weight is 945 g/mol. The van der Waals surface area contributed by atoms with Crippen molar-refractivity contribution in [2.45, 2.75) is 341 Å². The van der Waals surface area contributed by atoms with E-state index in [1.807, 2.05) is 0 Å². The maximum Gasteiger partial charge on any atom is 0.305 e. The summed E-state index contributed by atoms with van der Waals surface area (Å²) in [5, 5.41) is 23.2. The molecule has 0 rings (SSSR count). The summed E-state index contributed by atoms with van der Waals surface area (Å²) < 4.78 is 5.47. The predicted octanol–water partition coefficient (Wildman–Crippen LogP) is 18.6. The maximum atomic E-state index is 12.5. The minimum absolute atomic E-state index is 0.0103. The van der Waals surface area contributed by atoms with Gasteiger partial charge >= 0.3 is 5.97 Å². The van der Waals surface area contributed by atoms with E-state index in [2.05, 4.69) is 43.5 Å². The van der Waals surface area contributed by atoms with Crippen LogP contribution in [0.15, 0.2) is 24.3 Å². The molecule has 0 fully saturated rings. The zero-order valence-corrected chi connectivity index (χ0v) is 45.1. The van der Waals surface area contributed by atoms with Crippen LogP contribution in [0, 0.1) is 0 Å². The number of hydrogen-bond acceptors (Lipinski definition) is 5. The summed E-state index contributed by atoms with van der Waals surface area (Å²) in [6, 6.07) is -0.553. The van der Waals surface area contributed by atoms with Crippen LogP contribution in [-0.2, 0) is 14.3 Å². The van der Waals surface area contributed by atoms with Crippen LogP contribution in [0.3, 0.4) is 0 Å². The van der Waals surface area contributed by atoms with Gasteiger partial charge in [0.05, 0.1) is 25.4 Å². The molecule has 0 aromatic heterocycles. The summed E-state index contributed by atoms with van der Waals surface area (Å²) >= 11 is 0. The molecule has 3 N–H and O–H groups in total. The highest BCUT2D eigenvalue weighted by Crippen LogP contribution is 2.17. The average Bonchev–Trinajstić information content (AvgIpc) is 3.33. The van der Waals surface area contributed by atoms with Gasteiger partial charge in [-0.3, -0.25) is 9.59 Å². The summed E-state index contributed by atoms with van der Waals surface area (Å²) in [6.45, 7) is 4.93. The number of ether oxygens (including phenoxy) is 1. The second-order valence-electron chi connectivity index (χ2n) is 20.7. The van der Waals surface area contributed by atoms with Gasteiger partial charge in [0.2, 0.25) is 5.91 Å². The molecule has 0 saturated heterocycles. The maximum absolute atomic E-state index is 12.5. The van der Waals surface area contributed by atoms with Crippen molar-refractivity contribution in [3.05, 3.63) is 24.3 Å². The highest BCUT2D eigenvalue weighted by atomic mass is 16.5. The van der Waals surface area contributed by atoms with Gasteiger partial charge in [0, 0.05) is 12.8 Å². The van der Waals surface area contributed by atoms with Crippen LogP contribution < -0.4 is 5.32 Å². The molecule has 0 aliphatic carbocycles. The van der Waals surface area contributed by atoms with E-state index < -0.39 is 12.1 Å². The lowest BCUT2D eigenvalue weighted by Crippen LogP contribution is -2.45. The van der Waals surface area contributed by atoms with Crippen LogP contribution in [0.4, 0.5) is 0 Å². The first-order chi connectivity index (χ1) is 33.0. The van der Waals surface area contributed by atoms with E-state index in [9.17, 15) is 19.8 Å². The number of carbonyl (C=O) groups is 2. The van der Waals surface area contributed by atoms with Crippen molar-refractivity contribution in [1.29, 1.82) is 0 Å². The van der Waals surface area contributed by atoms with E-state index in [0.29, 0.717) is 25.9 Å². The molecular weight excluding hydrogens is 827 g/mol. The first kappa shape index (κ1) is 65.3. The van der Waals surface area contributed by atoms with Crippen LogP contribution in [-0.4, -0.2) is 47.4 Å². The Hall–Kier alpha value is -1.66. The van der Waals surface area contributed by atoms with Gasteiger partial charge < -0.3 is 20.3 Å². The van der Waals surface area contributed by atoms with Crippen molar-refractivity contribution in [2.75, 3.05) is 13.2 Å². The first-order valence-electron chi connectivity index (χ1n) is 30.1. The Labute approximate surface area is 418 Å². The Morgan fingerprint density at radius 3 is 1.13 bits per heavy atom. The van der Waals surface area contributed by atoms with E-state index in [1.54, 1.807) is 0 Å². The molecule has 2 unspecified atom stereocenters. The van der Waals surface area contributed by atoms with Gasteiger partial charge in [0.25, 0.3) is 0 Å². The van der Waals surface area contributed by atoms with Crippen molar-refractivity contribution in [2.24, 2.45) is 0 Å². The molecule has 2 atom stereocenters. The molecule has 0 heterocycles. The SMILES string of the molecule is CCCCCCCCCCCCCCCCCCCCCC(=O)OCCCCC/C=C\C/C=C\CCCCCCCCCC(=O)NC(CO)C(O)CCCCCCCCCCCCCCCC. The van der Waals surface area contributed by atoms with E-state index in [1.165, 1.54) is 212 Å². The highest BCUT2D eigenvalue weighted by molar-refractivity contribution is 5.76. The zero-order chi connectivity index (χ0) is 48.6. The minimum Gasteiger partial charge on any atom is -0.466 e. The zero-order valence-electron chi connectivity index (χ0n) is 45.1. The largest absolute Gasteiger partial charge is 0.466 e. The number of esters is 1. The Morgan fingerprint density at radius 2 is 0.746 bits per heavy atom. The van der Waals surface area contributed by atoms with Crippen molar-refractivity contribution in [1.82, 2.24) is 5.32 Å². The molecule has 1 amide bonds. The van der Waals surface area contributed by atoms with Gasteiger partial charge in [0.1, 0.15) is 0 Å². The molecule has 0 saturated carbocycles. The van der Waals surface area contributed by atoms with Gasteiger partial charge in [-0.1, -0.05) is 276 Å². The fourth-order valence-corrected chi connectivity index (χ4v) is 9.38. The molecular formula is C61H117NO5. The van der Waals surface area contributed by atoms with Gasteiger partial charge in [-0.25, -0.2) is 0 Å². The fraction of sp³-hybridized carbons (Fsp3) is 0.902. The fourth-order valence-electron chi connectivity index (χ4n) is 9.38. The predicted molar refractivity (Wildman–Crippen MR) is 292 cm³/mol. The Bertz CT molecular complexity index is 1040. The smallest absolute Gasteiger partial charge is 0.305 e. The highest BCUT2D eigenvalue weighted by Gasteiger charge is 2.20. The topological polar surface area (TPSA) is 95.9 Å². The van der Waals surface area contributed by atoms with E-state index in [0.717, 1.165) is 83.5 Å². The van der Waals surface area contributed by atoms with Crippen molar-refractivity contribution >= 4 is 11.9 Å². The number of hydrogen-bond donors (Lipinski definition) is 3. The number of aliphatic hydroxyl groups excluding tert-OH is 2. The number of unbranched alkanes of at least 4 members (excludes halogenated alkanes) is 41. The molecule has 0 bridgehead atoms. The normalized spacial score (nSPS) is 12.7. The molecule has 0 aliphatic rings.